The molecule has 0 saturated heterocycles. The van der Waals surface area contributed by atoms with Crippen LogP contribution in [0.3, 0.4) is 0 Å². The fourth-order valence-electron chi connectivity index (χ4n) is 2.04. The minimum absolute atomic E-state index is 0. The van der Waals surface area contributed by atoms with E-state index in [1.807, 2.05) is 0 Å². The molecule has 3 aromatic rings. The van der Waals surface area contributed by atoms with Crippen molar-refractivity contribution in [2.24, 2.45) is 0 Å². The van der Waals surface area contributed by atoms with E-state index in [1.165, 1.54) is 12.1 Å². The number of carbonyl (C=O) groups is 1. The second-order valence-electron chi connectivity index (χ2n) is 4.61. The first-order valence-corrected chi connectivity index (χ1v) is 6.80. The SMILES string of the molecule is CCOC(=O)c1ccc2nc(-c3ccc(F)cc3)[c-]nc2c1.[U]. The van der Waals surface area contributed by atoms with E-state index in [2.05, 4.69) is 16.2 Å². The fourth-order valence-corrected chi connectivity index (χ4v) is 2.04. The zero-order chi connectivity index (χ0) is 15.5. The molecule has 2 aromatic carbocycles. The first-order valence-electron chi connectivity index (χ1n) is 6.80. The molecule has 23 heavy (non-hydrogen) atoms. The molecule has 0 amide bonds. The summed E-state index contributed by atoms with van der Waals surface area (Å²) in [6, 6.07) is 10.9. The third kappa shape index (κ3) is 3.96. The summed E-state index contributed by atoms with van der Waals surface area (Å²) in [7, 11) is 0. The average Bonchev–Trinajstić information content (AvgIpc) is 2.55. The smallest absolute Gasteiger partial charge is 0.337 e. The number of ether oxygens (including phenoxy) is 1. The van der Waals surface area contributed by atoms with E-state index in [9.17, 15) is 9.18 Å². The zero-order valence-corrected chi connectivity index (χ0v) is 16.5. The minimum atomic E-state index is -0.395. The molecule has 4 nitrogen and oxygen atoms in total. The van der Waals surface area contributed by atoms with Gasteiger partial charge in [0.2, 0.25) is 0 Å². The molecule has 0 unspecified atom stereocenters. The maximum Gasteiger partial charge on any atom is 0.337 e. The monoisotopic (exact) mass is 533 g/mol. The maximum absolute atomic E-state index is 12.9. The van der Waals surface area contributed by atoms with Gasteiger partial charge in [-0.2, -0.15) is 0 Å². The van der Waals surface area contributed by atoms with Gasteiger partial charge in [-0.15, -0.1) is 12.1 Å². The minimum Gasteiger partial charge on any atom is -0.462 e. The molecule has 0 bridgehead atoms. The summed E-state index contributed by atoms with van der Waals surface area (Å²) in [6.45, 7) is 2.07. The first kappa shape index (κ1) is 17.6. The van der Waals surface area contributed by atoms with Gasteiger partial charge in [-0.05, 0) is 42.4 Å². The van der Waals surface area contributed by atoms with Gasteiger partial charge in [-0.1, -0.05) is 17.8 Å². The third-order valence-electron chi connectivity index (χ3n) is 3.12. The summed E-state index contributed by atoms with van der Waals surface area (Å²) in [4.78, 5) is 20.3. The van der Waals surface area contributed by atoms with Crippen molar-refractivity contribution in [1.82, 2.24) is 9.97 Å². The Morgan fingerprint density at radius 2 is 1.91 bits per heavy atom. The van der Waals surface area contributed by atoms with Crippen LogP contribution in [0, 0.1) is 43.1 Å². The van der Waals surface area contributed by atoms with Crippen molar-refractivity contribution in [1.29, 1.82) is 0 Å². The molecule has 0 aliphatic heterocycles. The van der Waals surface area contributed by atoms with Gasteiger partial charge < -0.3 is 9.72 Å². The normalized spacial score (nSPS) is 10.2. The summed E-state index contributed by atoms with van der Waals surface area (Å²) < 4.78 is 17.9. The third-order valence-corrected chi connectivity index (χ3v) is 3.12. The molecular weight excluding hydrogens is 521 g/mol. The van der Waals surface area contributed by atoms with Gasteiger partial charge in [0.05, 0.1) is 6.61 Å². The molecule has 0 atom stereocenters. The predicted molar refractivity (Wildman–Crippen MR) is 79.7 cm³/mol. The quantitative estimate of drug-likeness (QED) is 0.383. The molecular formula is C17H12FN2O2U-. The van der Waals surface area contributed by atoms with Crippen LogP contribution in [0.1, 0.15) is 17.3 Å². The van der Waals surface area contributed by atoms with Gasteiger partial charge >= 0.3 is 5.97 Å². The predicted octanol–water partition coefficient (Wildman–Crippen LogP) is 3.41. The van der Waals surface area contributed by atoms with E-state index >= 15 is 0 Å². The number of halogens is 1. The van der Waals surface area contributed by atoms with Crippen LogP contribution in [0.25, 0.3) is 22.3 Å². The van der Waals surface area contributed by atoms with Crippen molar-refractivity contribution in [3.63, 3.8) is 0 Å². The maximum atomic E-state index is 12.9. The molecule has 0 saturated carbocycles. The molecule has 0 fully saturated rings. The Morgan fingerprint density at radius 3 is 2.61 bits per heavy atom. The van der Waals surface area contributed by atoms with Crippen molar-refractivity contribution in [2.45, 2.75) is 6.92 Å². The molecule has 0 spiro atoms. The van der Waals surface area contributed by atoms with E-state index < -0.39 is 5.97 Å². The van der Waals surface area contributed by atoms with Crippen LogP contribution in [0.15, 0.2) is 42.5 Å². The largest absolute Gasteiger partial charge is 0.462 e. The van der Waals surface area contributed by atoms with Crippen LogP contribution in [0.5, 0.6) is 0 Å². The van der Waals surface area contributed by atoms with Gasteiger partial charge in [0.25, 0.3) is 0 Å². The van der Waals surface area contributed by atoms with Crippen molar-refractivity contribution in [2.75, 3.05) is 6.61 Å². The van der Waals surface area contributed by atoms with E-state index in [0.717, 1.165) is 5.56 Å². The molecule has 0 N–H and O–H groups in total. The molecule has 3 rings (SSSR count). The molecule has 1 heterocycles. The Morgan fingerprint density at radius 1 is 1.17 bits per heavy atom. The summed E-state index contributed by atoms with van der Waals surface area (Å²) >= 11 is 0. The number of carbonyl (C=O) groups excluding carboxylic acids is 1. The van der Waals surface area contributed by atoms with Crippen LogP contribution in [0.4, 0.5) is 4.39 Å². The Balaban J connectivity index is 0.00000192. The molecule has 0 aliphatic carbocycles. The van der Waals surface area contributed by atoms with E-state index in [4.69, 9.17) is 4.74 Å². The number of benzene rings is 2. The summed E-state index contributed by atoms with van der Waals surface area (Å²) in [5.41, 5.74) is 2.86. The second-order valence-corrected chi connectivity index (χ2v) is 4.61. The summed E-state index contributed by atoms with van der Waals surface area (Å²) in [5, 5.41) is 0. The van der Waals surface area contributed by atoms with Gasteiger partial charge in [0.15, 0.2) is 0 Å². The van der Waals surface area contributed by atoms with Crippen LogP contribution in [-0.2, 0) is 4.74 Å². The van der Waals surface area contributed by atoms with E-state index in [-0.39, 0.29) is 36.9 Å². The number of nitrogens with zero attached hydrogens (tertiary/aromatic N) is 2. The van der Waals surface area contributed by atoms with Gasteiger partial charge in [0.1, 0.15) is 5.82 Å². The number of hydrogen-bond acceptors (Lipinski definition) is 4. The van der Waals surface area contributed by atoms with Crippen LogP contribution >= 0.6 is 0 Å². The average molecular weight is 533 g/mol. The summed E-state index contributed by atoms with van der Waals surface area (Å²) in [5.74, 6) is -0.703. The van der Waals surface area contributed by atoms with E-state index in [1.54, 1.807) is 37.3 Å². The zero-order valence-electron chi connectivity index (χ0n) is 12.3. The molecule has 114 valence electrons. The van der Waals surface area contributed by atoms with Gasteiger partial charge in [-0.25, -0.2) is 9.18 Å². The Kier molecular flexibility index (Phi) is 5.87. The van der Waals surface area contributed by atoms with Crippen LogP contribution in [-0.4, -0.2) is 22.5 Å². The second kappa shape index (κ2) is 7.67. The van der Waals surface area contributed by atoms with Crippen LogP contribution in [0.2, 0.25) is 0 Å². The fraction of sp³-hybridized carbons (Fsp3) is 0.118. The van der Waals surface area contributed by atoms with Crippen molar-refractivity contribution < 1.29 is 45.0 Å². The van der Waals surface area contributed by atoms with Crippen molar-refractivity contribution >= 4 is 17.0 Å². The molecule has 6 heteroatoms. The van der Waals surface area contributed by atoms with E-state index in [0.29, 0.717) is 28.9 Å². The van der Waals surface area contributed by atoms with Crippen molar-refractivity contribution in [3.8, 4) is 11.3 Å². The number of aromatic nitrogens is 2. The Hall–Kier alpha value is -1.77. The number of rotatable bonds is 3. The Bertz CT molecular complexity index is 838. The van der Waals surface area contributed by atoms with Crippen molar-refractivity contribution in [3.05, 3.63) is 60.0 Å². The van der Waals surface area contributed by atoms with Gasteiger partial charge in [0, 0.05) is 42.2 Å². The number of hydrogen-bond donors (Lipinski definition) is 0. The molecule has 0 radical (unpaired) electrons. The molecule has 1 aromatic heterocycles. The summed E-state index contributed by atoms with van der Waals surface area (Å²) in [6.07, 6.45) is 2.81. The number of esters is 1. The first-order chi connectivity index (χ1) is 10.7. The number of fused-ring (bicyclic) bond motifs is 1. The standard InChI is InChI=1S/C17H12FN2O2.U/c1-2-22-17(21)12-5-8-14-15(9-12)19-10-16(20-14)11-3-6-13(18)7-4-11;/h3-9H,2H2,1H3;/q-1;. The van der Waals surface area contributed by atoms with Crippen LogP contribution < -0.4 is 0 Å². The topological polar surface area (TPSA) is 52.1 Å². The molecule has 0 aliphatic rings. The van der Waals surface area contributed by atoms with Gasteiger partial charge in [-0.3, -0.25) is 4.98 Å². The Labute approximate surface area is 156 Å².